The van der Waals surface area contributed by atoms with Gasteiger partial charge in [-0.15, -0.1) is 11.8 Å². The number of hydrogen-bond donors (Lipinski definition) is 1. The van der Waals surface area contributed by atoms with E-state index in [0.29, 0.717) is 17.1 Å². The molecular formula is C24H30ClFN2O2S. The second-order valence-corrected chi connectivity index (χ2v) is 9.03. The number of rotatable bonds is 10. The van der Waals surface area contributed by atoms with Crippen LogP contribution < -0.4 is 5.32 Å². The quantitative estimate of drug-likeness (QED) is 0.515. The van der Waals surface area contributed by atoms with Crippen LogP contribution in [0.3, 0.4) is 0 Å². The van der Waals surface area contributed by atoms with E-state index in [4.69, 9.17) is 11.6 Å². The summed E-state index contributed by atoms with van der Waals surface area (Å²) in [5, 5.41) is 3.30. The lowest BCUT2D eigenvalue weighted by Gasteiger charge is -2.30. The minimum Gasteiger partial charge on any atom is -0.352 e. The molecule has 168 valence electrons. The molecule has 2 aromatic carbocycles. The van der Waals surface area contributed by atoms with Gasteiger partial charge in [-0.1, -0.05) is 48.9 Å². The standard InChI is InChI=1S/C24H30ClFN2O2S/c1-5-17(3)27-24(30)18(4)28(13-19-10-7-6-9-16(19)2)23(29)15-31-14-20-21(25)11-8-12-22(20)26/h6-12,17-18H,5,13-15H2,1-4H3,(H,27,30)/t17-,18-/m0/s1. The molecule has 0 aliphatic carbocycles. The minimum atomic E-state index is -0.626. The van der Waals surface area contributed by atoms with Gasteiger partial charge in [0.15, 0.2) is 0 Å². The number of carbonyl (C=O) groups is 2. The molecule has 0 aliphatic rings. The highest BCUT2D eigenvalue weighted by molar-refractivity contribution is 7.99. The summed E-state index contributed by atoms with van der Waals surface area (Å²) in [6, 6.07) is 11.8. The topological polar surface area (TPSA) is 49.4 Å². The van der Waals surface area contributed by atoms with Gasteiger partial charge in [0.05, 0.1) is 5.75 Å². The summed E-state index contributed by atoms with van der Waals surface area (Å²) >= 11 is 7.37. The smallest absolute Gasteiger partial charge is 0.242 e. The van der Waals surface area contributed by atoms with E-state index in [2.05, 4.69) is 5.32 Å². The molecule has 2 aromatic rings. The number of carbonyl (C=O) groups excluding carboxylic acids is 2. The molecule has 1 N–H and O–H groups in total. The molecule has 2 rings (SSSR count). The van der Waals surface area contributed by atoms with Gasteiger partial charge < -0.3 is 10.2 Å². The van der Waals surface area contributed by atoms with Crippen LogP contribution in [0.25, 0.3) is 0 Å². The predicted molar refractivity (Wildman–Crippen MR) is 127 cm³/mol. The third kappa shape index (κ3) is 7.25. The van der Waals surface area contributed by atoms with Crippen molar-refractivity contribution in [3.8, 4) is 0 Å². The number of nitrogens with zero attached hydrogens (tertiary/aromatic N) is 1. The van der Waals surface area contributed by atoms with Gasteiger partial charge in [0.25, 0.3) is 0 Å². The van der Waals surface area contributed by atoms with Crippen LogP contribution in [0.4, 0.5) is 4.39 Å². The molecular weight excluding hydrogens is 435 g/mol. The Kier molecular flexibility index (Phi) is 9.85. The van der Waals surface area contributed by atoms with Gasteiger partial charge in [0, 0.05) is 28.9 Å². The summed E-state index contributed by atoms with van der Waals surface area (Å²) in [5.74, 6) is -0.336. The summed E-state index contributed by atoms with van der Waals surface area (Å²) in [5.41, 5.74) is 2.43. The fourth-order valence-corrected chi connectivity index (χ4v) is 4.26. The Bertz CT molecular complexity index is 889. The van der Waals surface area contributed by atoms with Crippen molar-refractivity contribution >= 4 is 35.2 Å². The molecule has 0 spiro atoms. The molecule has 0 aromatic heterocycles. The van der Waals surface area contributed by atoms with Gasteiger partial charge in [0.1, 0.15) is 11.9 Å². The van der Waals surface area contributed by atoms with Crippen LogP contribution in [0, 0.1) is 12.7 Å². The van der Waals surface area contributed by atoms with Crippen molar-refractivity contribution in [2.24, 2.45) is 0 Å². The van der Waals surface area contributed by atoms with Crippen molar-refractivity contribution in [1.29, 1.82) is 0 Å². The minimum absolute atomic E-state index is 0.0305. The number of thioether (sulfide) groups is 1. The average molecular weight is 465 g/mol. The molecule has 0 bridgehead atoms. The zero-order valence-corrected chi connectivity index (χ0v) is 20.0. The molecule has 0 aliphatic heterocycles. The first-order chi connectivity index (χ1) is 14.7. The Morgan fingerprint density at radius 2 is 1.87 bits per heavy atom. The van der Waals surface area contributed by atoms with E-state index < -0.39 is 6.04 Å². The van der Waals surface area contributed by atoms with Crippen molar-refractivity contribution in [2.75, 3.05) is 5.75 Å². The molecule has 0 fully saturated rings. The first-order valence-corrected chi connectivity index (χ1v) is 11.9. The predicted octanol–water partition coefficient (Wildman–Crippen LogP) is 5.35. The third-order valence-electron chi connectivity index (χ3n) is 5.30. The molecule has 31 heavy (non-hydrogen) atoms. The van der Waals surface area contributed by atoms with Crippen molar-refractivity contribution in [3.05, 3.63) is 70.0 Å². The van der Waals surface area contributed by atoms with Gasteiger partial charge in [-0.3, -0.25) is 9.59 Å². The molecule has 0 saturated carbocycles. The van der Waals surface area contributed by atoms with Crippen LogP contribution in [0.15, 0.2) is 42.5 Å². The Balaban J connectivity index is 2.13. The summed E-state index contributed by atoms with van der Waals surface area (Å²) in [6.07, 6.45) is 0.809. The Hall–Kier alpha value is -2.05. The highest BCUT2D eigenvalue weighted by Crippen LogP contribution is 2.24. The monoisotopic (exact) mass is 464 g/mol. The molecule has 0 radical (unpaired) electrons. The van der Waals surface area contributed by atoms with E-state index in [9.17, 15) is 14.0 Å². The number of aryl methyl sites for hydroxylation is 1. The van der Waals surface area contributed by atoms with Gasteiger partial charge in [-0.2, -0.15) is 0 Å². The number of benzene rings is 2. The molecule has 0 heterocycles. The molecule has 0 unspecified atom stereocenters. The van der Waals surface area contributed by atoms with E-state index in [1.807, 2.05) is 45.0 Å². The Morgan fingerprint density at radius 1 is 1.16 bits per heavy atom. The van der Waals surface area contributed by atoms with Gasteiger partial charge in [-0.25, -0.2) is 4.39 Å². The average Bonchev–Trinajstić information content (AvgIpc) is 2.74. The maximum atomic E-state index is 14.0. The second kappa shape index (κ2) is 12.1. The van der Waals surface area contributed by atoms with Crippen molar-refractivity contribution < 1.29 is 14.0 Å². The van der Waals surface area contributed by atoms with E-state index in [1.165, 1.54) is 17.8 Å². The highest BCUT2D eigenvalue weighted by atomic mass is 35.5. The van der Waals surface area contributed by atoms with Crippen LogP contribution in [-0.4, -0.2) is 34.6 Å². The number of hydrogen-bond acceptors (Lipinski definition) is 3. The van der Waals surface area contributed by atoms with E-state index in [-0.39, 0.29) is 35.2 Å². The number of nitrogens with one attached hydrogen (secondary N) is 1. The number of halogens is 2. The molecule has 2 amide bonds. The normalized spacial score (nSPS) is 12.8. The van der Waals surface area contributed by atoms with E-state index >= 15 is 0 Å². The molecule has 2 atom stereocenters. The molecule has 4 nitrogen and oxygen atoms in total. The lowest BCUT2D eigenvalue weighted by Crippen LogP contribution is -2.50. The Labute approximate surface area is 193 Å². The summed E-state index contributed by atoms with van der Waals surface area (Å²) in [6.45, 7) is 7.99. The zero-order valence-electron chi connectivity index (χ0n) is 18.5. The van der Waals surface area contributed by atoms with Crippen molar-refractivity contribution in [2.45, 2.75) is 58.5 Å². The third-order valence-corrected chi connectivity index (χ3v) is 6.60. The van der Waals surface area contributed by atoms with Crippen molar-refractivity contribution in [3.63, 3.8) is 0 Å². The lowest BCUT2D eigenvalue weighted by atomic mass is 10.1. The summed E-state index contributed by atoms with van der Waals surface area (Å²) in [4.78, 5) is 27.5. The summed E-state index contributed by atoms with van der Waals surface area (Å²) < 4.78 is 14.0. The van der Waals surface area contributed by atoms with Crippen LogP contribution in [0.5, 0.6) is 0 Å². The van der Waals surface area contributed by atoms with Gasteiger partial charge in [-0.05, 0) is 50.5 Å². The fourth-order valence-electron chi connectivity index (χ4n) is 3.01. The second-order valence-electron chi connectivity index (χ2n) is 7.63. The maximum Gasteiger partial charge on any atom is 0.242 e. The first-order valence-electron chi connectivity index (χ1n) is 10.4. The number of amides is 2. The highest BCUT2D eigenvalue weighted by Gasteiger charge is 2.27. The van der Waals surface area contributed by atoms with Crippen molar-refractivity contribution in [1.82, 2.24) is 10.2 Å². The van der Waals surface area contributed by atoms with Crippen LogP contribution in [0.1, 0.15) is 43.9 Å². The summed E-state index contributed by atoms with van der Waals surface area (Å²) in [7, 11) is 0. The van der Waals surface area contributed by atoms with Crippen LogP contribution in [0.2, 0.25) is 5.02 Å². The molecule has 7 heteroatoms. The Morgan fingerprint density at radius 3 is 2.52 bits per heavy atom. The SMILES string of the molecule is CC[C@H](C)NC(=O)[C@H](C)N(Cc1ccccc1C)C(=O)CSCc1c(F)cccc1Cl. The maximum absolute atomic E-state index is 14.0. The van der Waals surface area contributed by atoms with E-state index in [1.54, 1.807) is 24.0 Å². The zero-order chi connectivity index (χ0) is 23.0. The van der Waals surface area contributed by atoms with Crippen LogP contribution in [-0.2, 0) is 21.9 Å². The lowest BCUT2D eigenvalue weighted by molar-refractivity contribution is -0.138. The fraction of sp³-hybridized carbons (Fsp3) is 0.417. The largest absolute Gasteiger partial charge is 0.352 e. The van der Waals surface area contributed by atoms with Gasteiger partial charge >= 0.3 is 0 Å². The first kappa shape index (κ1) is 25.2. The van der Waals surface area contributed by atoms with Gasteiger partial charge in [0.2, 0.25) is 11.8 Å². The van der Waals surface area contributed by atoms with Crippen LogP contribution >= 0.6 is 23.4 Å². The van der Waals surface area contributed by atoms with E-state index in [0.717, 1.165) is 17.5 Å². The molecule has 0 saturated heterocycles.